The van der Waals surface area contributed by atoms with Crippen molar-refractivity contribution in [3.63, 3.8) is 0 Å². The number of fused-ring (bicyclic) bond motifs is 1. The summed E-state index contributed by atoms with van der Waals surface area (Å²) in [6.07, 6.45) is 0.810. The van der Waals surface area contributed by atoms with E-state index in [9.17, 15) is 20.0 Å². The number of para-hydroxylation sites is 1. The highest BCUT2D eigenvalue weighted by Crippen LogP contribution is 2.32. The van der Waals surface area contributed by atoms with E-state index in [4.69, 9.17) is 0 Å². The molecule has 25 heavy (non-hydrogen) atoms. The Labute approximate surface area is 143 Å². The van der Waals surface area contributed by atoms with Gasteiger partial charge in [-0.15, -0.1) is 0 Å². The number of carbonyl (C=O) groups is 1. The molecule has 7 nitrogen and oxygen atoms in total. The fourth-order valence-corrected chi connectivity index (χ4v) is 3.10. The van der Waals surface area contributed by atoms with Crippen LogP contribution in [-0.2, 0) is 7.05 Å². The van der Waals surface area contributed by atoms with Crippen molar-refractivity contribution in [2.24, 2.45) is 7.05 Å². The van der Waals surface area contributed by atoms with Crippen LogP contribution in [0.15, 0.2) is 54.7 Å². The molecule has 7 heteroatoms. The quantitative estimate of drug-likeness (QED) is 0.566. The standard InChI is InChI=1S/C18H17N3O4/c1-12(16-5-3-4-13-10-11-19(2)17(13)16)20(18(22)23)14-6-8-15(9-7-14)21(24)25/h3-12H,1-2H3,(H,22,23). The molecular formula is C18H17N3O4. The third-order valence-corrected chi connectivity index (χ3v) is 4.31. The summed E-state index contributed by atoms with van der Waals surface area (Å²) in [5.74, 6) is 0. The number of anilines is 1. The molecule has 0 saturated heterocycles. The summed E-state index contributed by atoms with van der Waals surface area (Å²) < 4.78 is 1.96. The minimum absolute atomic E-state index is 0.0775. The number of nitro groups is 1. The molecule has 3 aromatic rings. The van der Waals surface area contributed by atoms with Crippen molar-refractivity contribution in [1.29, 1.82) is 0 Å². The van der Waals surface area contributed by atoms with Crippen molar-refractivity contribution in [3.8, 4) is 0 Å². The van der Waals surface area contributed by atoms with E-state index in [1.165, 1.54) is 29.2 Å². The van der Waals surface area contributed by atoms with Crippen LogP contribution in [0.1, 0.15) is 18.5 Å². The summed E-state index contributed by atoms with van der Waals surface area (Å²) in [6.45, 7) is 1.80. The van der Waals surface area contributed by atoms with Crippen molar-refractivity contribution >= 4 is 28.4 Å². The molecule has 0 fully saturated rings. The molecule has 1 heterocycles. The minimum atomic E-state index is -1.12. The molecule has 0 aliphatic carbocycles. The number of hydrogen-bond donors (Lipinski definition) is 1. The molecule has 128 valence electrons. The predicted molar refractivity (Wildman–Crippen MR) is 94.9 cm³/mol. The number of nitrogens with zero attached hydrogens (tertiary/aromatic N) is 3. The fourth-order valence-electron chi connectivity index (χ4n) is 3.10. The number of amides is 1. The Hall–Kier alpha value is -3.35. The van der Waals surface area contributed by atoms with Crippen molar-refractivity contribution in [2.75, 3.05) is 4.90 Å². The summed E-state index contributed by atoms with van der Waals surface area (Å²) in [4.78, 5) is 23.4. The SMILES string of the molecule is CC(c1cccc2ccn(C)c12)N(C(=O)O)c1ccc([N+](=O)[O-])cc1. The lowest BCUT2D eigenvalue weighted by Gasteiger charge is -2.27. The second-order valence-electron chi connectivity index (χ2n) is 5.81. The molecule has 0 spiro atoms. The Bertz CT molecular complexity index is 947. The average molecular weight is 339 g/mol. The van der Waals surface area contributed by atoms with Gasteiger partial charge in [0.2, 0.25) is 0 Å². The lowest BCUT2D eigenvalue weighted by Crippen LogP contribution is -2.32. The van der Waals surface area contributed by atoms with Crippen LogP contribution in [0, 0.1) is 10.1 Å². The van der Waals surface area contributed by atoms with Crippen molar-refractivity contribution in [3.05, 3.63) is 70.4 Å². The van der Waals surface area contributed by atoms with Crippen LogP contribution in [0.5, 0.6) is 0 Å². The Morgan fingerprint density at radius 3 is 2.48 bits per heavy atom. The molecule has 1 unspecified atom stereocenters. The van der Waals surface area contributed by atoms with Gasteiger partial charge in [-0.05, 0) is 36.1 Å². The average Bonchev–Trinajstić information content (AvgIpc) is 2.96. The molecule has 0 saturated carbocycles. The van der Waals surface area contributed by atoms with E-state index < -0.39 is 17.1 Å². The lowest BCUT2D eigenvalue weighted by atomic mass is 10.0. The number of rotatable bonds is 4. The first kappa shape index (κ1) is 16.5. The van der Waals surface area contributed by atoms with Crippen molar-refractivity contribution < 1.29 is 14.8 Å². The third-order valence-electron chi connectivity index (χ3n) is 4.31. The minimum Gasteiger partial charge on any atom is -0.465 e. The maximum absolute atomic E-state index is 11.9. The van der Waals surface area contributed by atoms with Crippen LogP contribution in [0.3, 0.4) is 0 Å². The number of nitro benzene ring substituents is 1. The lowest BCUT2D eigenvalue weighted by molar-refractivity contribution is -0.384. The molecule has 1 N–H and O–H groups in total. The molecular weight excluding hydrogens is 322 g/mol. The first-order valence-electron chi connectivity index (χ1n) is 7.70. The van der Waals surface area contributed by atoms with Crippen molar-refractivity contribution in [2.45, 2.75) is 13.0 Å². The second-order valence-corrected chi connectivity index (χ2v) is 5.81. The van der Waals surface area contributed by atoms with Crippen LogP contribution in [0.2, 0.25) is 0 Å². The molecule has 0 aliphatic heterocycles. The molecule has 1 atom stereocenters. The highest BCUT2D eigenvalue weighted by molar-refractivity contribution is 5.90. The Balaban J connectivity index is 2.07. The number of aromatic nitrogens is 1. The number of hydrogen-bond acceptors (Lipinski definition) is 3. The van der Waals surface area contributed by atoms with Gasteiger partial charge in [-0.1, -0.05) is 18.2 Å². The maximum atomic E-state index is 11.9. The molecule has 1 aromatic heterocycles. The van der Waals surface area contributed by atoms with Gasteiger partial charge in [-0.2, -0.15) is 0 Å². The monoisotopic (exact) mass is 339 g/mol. The molecule has 0 radical (unpaired) electrons. The maximum Gasteiger partial charge on any atom is 0.412 e. The summed E-state index contributed by atoms with van der Waals surface area (Å²) in [7, 11) is 1.91. The van der Waals surface area contributed by atoms with E-state index in [1.807, 2.05) is 42.1 Å². The van der Waals surface area contributed by atoms with E-state index >= 15 is 0 Å². The Morgan fingerprint density at radius 2 is 1.88 bits per heavy atom. The van der Waals surface area contributed by atoms with E-state index in [0.717, 1.165) is 16.5 Å². The zero-order chi connectivity index (χ0) is 18.1. The van der Waals surface area contributed by atoms with Gasteiger partial charge in [0.05, 0.1) is 16.5 Å². The largest absolute Gasteiger partial charge is 0.465 e. The van der Waals surface area contributed by atoms with Crippen molar-refractivity contribution in [1.82, 2.24) is 4.57 Å². The topological polar surface area (TPSA) is 88.6 Å². The van der Waals surface area contributed by atoms with Crippen LogP contribution in [-0.4, -0.2) is 20.7 Å². The highest BCUT2D eigenvalue weighted by Gasteiger charge is 2.25. The van der Waals surface area contributed by atoms with Gasteiger partial charge >= 0.3 is 6.09 Å². The normalized spacial score (nSPS) is 12.1. The van der Waals surface area contributed by atoms with Gasteiger partial charge in [0.15, 0.2) is 0 Å². The van der Waals surface area contributed by atoms with Gasteiger partial charge in [0.25, 0.3) is 5.69 Å². The number of non-ortho nitro benzene ring substituents is 1. The fraction of sp³-hybridized carbons (Fsp3) is 0.167. The van der Waals surface area contributed by atoms with E-state index in [0.29, 0.717) is 5.69 Å². The smallest absolute Gasteiger partial charge is 0.412 e. The summed E-state index contributed by atoms with van der Waals surface area (Å²) in [5.41, 5.74) is 2.14. The van der Waals surface area contributed by atoms with Crippen LogP contribution >= 0.6 is 0 Å². The van der Waals surface area contributed by atoms with Gasteiger partial charge in [-0.3, -0.25) is 15.0 Å². The summed E-state index contributed by atoms with van der Waals surface area (Å²) in [5, 5.41) is 21.5. The van der Waals surface area contributed by atoms with Crippen LogP contribution in [0.4, 0.5) is 16.2 Å². The van der Waals surface area contributed by atoms with E-state index in [1.54, 1.807) is 6.92 Å². The van der Waals surface area contributed by atoms with Crippen LogP contribution in [0.25, 0.3) is 10.9 Å². The van der Waals surface area contributed by atoms with E-state index in [2.05, 4.69) is 0 Å². The number of benzene rings is 2. The number of carboxylic acid groups (broad SMARTS) is 1. The molecule has 2 aromatic carbocycles. The Morgan fingerprint density at radius 1 is 1.20 bits per heavy atom. The molecule has 0 aliphatic rings. The highest BCUT2D eigenvalue weighted by atomic mass is 16.6. The van der Waals surface area contributed by atoms with Crippen LogP contribution < -0.4 is 4.90 Å². The number of aryl methyl sites for hydroxylation is 1. The van der Waals surface area contributed by atoms with E-state index in [-0.39, 0.29) is 5.69 Å². The second kappa shape index (κ2) is 6.27. The molecule has 1 amide bonds. The van der Waals surface area contributed by atoms with Gasteiger partial charge in [0.1, 0.15) is 0 Å². The Kier molecular flexibility index (Phi) is 4.14. The van der Waals surface area contributed by atoms with Gasteiger partial charge in [0, 0.05) is 31.1 Å². The molecule has 3 rings (SSSR count). The van der Waals surface area contributed by atoms with Gasteiger partial charge in [-0.25, -0.2) is 4.79 Å². The predicted octanol–water partition coefficient (Wildman–Crippen LogP) is 4.33. The third kappa shape index (κ3) is 2.91. The first-order valence-corrected chi connectivity index (χ1v) is 7.70. The first-order chi connectivity index (χ1) is 11.9. The zero-order valence-electron chi connectivity index (χ0n) is 13.8. The summed E-state index contributed by atoms with van der Waals surface area (Å²) in [6, 6.07) is 12.8. The molecule has 0 bridgehead atoms. The summed E-state index contributed by atoms with van der Waals surface area (Å²) >= 11 is 0. The van der Waals surface area contributed by atoms with Gasteiger partial charge < -0.3 is 9.67 Å². The zero-order valence-corrected chi connectivity index (χ0v) is 13.8.